The third-order valence-electron chi connectivity index (χ3n) is 3.19. The topological polar surface area (TPSA) is 29.9 Å². The van der Waals surface area contributed by atoms with Crippen molar-refractivity contribution in [2.75, 3.05) is 5.32 Å². The van der Waals surface area contributed by atoms with Crippen molar-refractivity contribution in [3.05, 3.63) is 47.8 Å². The molecule has 1 aromatic heterocycles. The van der Waals surface area contributed by atoms with Gasteiger partial charge in [-0.15, -0.1) is 0 Å². The Labute approximate surface area is 109 Å². The van der Waals surface area contributed by atoms with Crippen LogP contribution in [0.15, 0.2) is 36.7 Å². The van der Waals surface area contributed by atoms with Gasteiger partial charge in [-0.2, -0.15) is 5.10 Å². The smallest absolute Gasteiger partial charge is 0.0731 e. The summed E-state index contributed by atoms with van der Waals surface area (Å²) in [6.45, 7) is 7.31. The summed E-state index contributed by atoms with van der Waals surface area (Å²) in [4.78, 5) is 0. The van der Waals surface area contributed by atoms with Gasteiger partial charge in [0.25, 0.3) is 0 Å². The second-order valence-corrected chi connectivity index (χ2v) is 4.60. The van der Waals surface area contributed by atoms with Gasteiger partial charge in [0.2, 0.25) is 0 Å². The van der Waals surface area contributed by atoms with Crippen LogP contribution in [-0.2, 0) is 6.54 Å². The highest BCUT2D eigenvalue weighted by atomic mass is 15.3. The molecule has 0 fully saturated rings. The molecule has 0 unspecified atom stereocenters. The highest BCUT2D eigenvalue weighted by Crippen LogP contribution is 2.22. The third-order valence-corrected chi connectivity index (χ3v) is 3.19. The monoisotopic (exact) mass is 243 g/mol. The van der Waals surface area contributed by atoms with Crippen molar-refractivity contribution in [1.29, 1.82) is 0 Å². The van der Waals surface area contributed by atoms with Gasteiger partial charge >= 0.3 is 0 Å². The lowest BCUT2D eigenvalue weighted by Gasteiger charge is -2.17. The summed E-state index contributed by atoms with van der Waals surface area (Å²) in [5.41, 5.74) is 3.71. The van der Waals surface area contributed by atoms with E-state index in [0.29, 0.717) is 6.04 Å². The first-order valence-electron chi connectivity index (χ1n) is 6.58. The van der Waals surface area contributed by atoms with Crippen molar-refractivity contribution in [3.8, 4) is 0 Å². The Balaban J connectivity index is 2.11. The predicted octanol–water partition coefficient (Wildman–Crippen LogP) is 3.77. The molecule has 0 amide bonds. The van der Waals surface area contributed by atoms with Crippen molar-refractivity contribution in [3.63, 3.8) is 0 Å². The van der Waals surface area contributed by atoms with Gasteiger partial charge in [-0.25, -0.2) is 0 Å². The molecule has 18 heavy (non-hydrogen) atoms. The molecule has 1 aromatic carbocycles. The zero-order valence-corrected chi connectivity index (χ0v) is 11.4. The predicted molar refractivity (Wildman–Crippen MR) is 75.7 cm³/mol. The fourth-order valence-corrected chi connectivity index (χ4v) is 2.03. The lowest BCUT2D eigenvalue weighted by molar-refractivity contribution is 0.659. The van der Waals surface area contributed by atoms with Crippen LogP contribution < -0.4 is 5.32 Å². The molecule has 0 aliphatic rings. The Hall–Kier alpha value is -1.77. The van der Waals surface area contributed by atoms with E-state index in [9.17, 15) is 0 Å². The van der Waals surface area contributed by atoms with E-state index < -0.39 is 0 Å². The summed E-state index contributed by atoms with van der Waals surface area (Å²) < 4.78 is 1.93. The molecule has 3 nitrogen and oxygen atoms in total. The zero-order valence-electron chi connectivity index (χ0n) is 11.4. The Morgan fingerprint density at radius 2 is 1.94 bits per heavy atom. The number of anilines is 1. The van der Waals surface area contributed by atoms with Crippen LogP contribution in [0.25, 0.3) is 0 Å². The quantitative estimate of drug-likeness (QED) is 0.866. The molecule has 1 heterocycles. The first-order chi connectivity index (χ1) is 8.72. The van der Waals surface area contributed by atoms with Crippen LogP contribution in [0.3, 0.4) is 0 Å². The summed E-state index contributed by atoms with van der Waals surface area (Å²) in [7, 11) is 0. The molecule has 2 aromatic rings. The summed E-state index contributed by atoms with van der Waals surface area (Å²) in [5.74, 6) is 0. The Kier molecular flexibility index (Phi) is 4.03. The van der Waals surface area contributed by atoms with Crippen LogP contribution in [0.2, 0.25) is 0 Å². The van der Waals surface area contributed by atoms with Crippen LogP contribution in [0, 0.1) is 6.92 Å². The van der Waals surface area contributed by atoms with Crippen LogP contribution >= 0.6 is 0 Å². The van der Waals surface area contributed by atoms with Crippen LogP contribution in [0.4, 0.5) is 5.69 Å². The number of hydrogen-bond donors (Lipinski definition) is 1. The fraction of sp³-hybridized carbons (Fsp3) is 0.400. The normalized spacial score (nSPS) is 12.4. The van der Waals surface area contributed by atoms with Gasteiger partial charge in [0.05, 0.1) is 17.9 Å². The fourth-order valence-electron chi connectivity index (χ4n) is 2.03. The van der Waals surface area contributed by atoms with Crippen LogP contribution in [0.5, 0.6) is 0 Å². The molecule has 0 aliphatic carbocycles. The maximum Gasteiger partial charge on any atom is 0.0731 e. The van der Waals surface area contributed by atoms with Gasteiger partial charge in [-0.05, 0) is 25.8 Å². The maximum atomic E-state index is 4.28. The molecule has 1 N–H and O–H groups in total. The van der Waals surface area contributed by atoms with Crippen LogP contribution in [-0.4, -0.2) is 9.78 Å². The van der Waals surface area contributed by atoms with E-state index in [0.717, 1.165) is 18.7 Å². The number of nitrogens with one attached hydrogen (secondary N) is 1. The largest absolute Gasteiger partial charge is 0.376 e. The minimum atomic E-state index is 0.347. The molecule has 0 spiro atoms. The molecule has 2 rings (SSSR count). The van der Waals surface area contributed by atoms with E-state index in [1.807, 2.05) is 10.9 Å². The van der Waals surface area contributed by atoms with Crippen molar-refractivity contribution in [1.82, 2.24) is 9.78 Å². The summed E-state index contributed by atoms with van der Waals surface area (Å²) in [5, 5.41) is 7.82. The minimum absolute atomic E-state index is 0.347. The molecule has 0 saturated heterocycles. The SMILES string of the molecule is CC[C@H](Nc1cnn(CC)c1)c1ccc(C)cc1. The average Bonchev–Trinajstić information content (AvgIpc) is 2.85. The second-order valence-electron chi connectivity index (χ2n) is 4.60. The van der Waals surface area contributed by atoms with E-state index in [4.69, 9.17) is 0 Å². The zero-order chi connectivity index (χ0) is 13.0. The molecule has 0 aliphatic heterocycles. The summed E-state index contributed by atoms with van der Waals surface area (Å²) in [6.07, 6.45) is 5.00. The number of aryl methyl sites for hydroxylation is 2. The lowest BCUT2D eigenvalue weighted by Crippen LogP contribution is -2.09. The molecule has 1 atom stereocenters. The van der Waals surface area contributed by atoms with Crippen LogP contribution in [0.1, 0.15) is 37.4 Å². The van der Waals surface area contributed by atoms with Crippen molar-refractivity contribution in [2.45, 2.75) is 39.8 Å². The van der Waals surface area contributed by atoms with E-state index in [1.54, 1.807) is 0 Å². The van der Waals surface area contributed by atoms with Gasteiger partial charge < -0.3 is 5.32 Å². The summed E-state index contributed by atoms with van der Waals surface area (Å²) >= 11 is 0. The van der Waals surface area contributed by atoms with Crippen molar-refractivity contribution in [2.24, 2.45) is 0 Å². The Morgan fingerprint density at radius 1 is 1.22 bits per heavy atom. The van der Waals surface area contributed by atoms with E-state index >= 15 is 0 Å². The molecular formula is C15H21N3. The minimum Gasteiger partial charge on any atom is -0.376 e. The molecule has 0 radical (unpaired) electrons. The number of aromatic nitrogens is 2. The average molecular weight is 243 g/mol. The van der Waals surface area contributed by atoms with Gasteiger partial charge in [0.15, 0.2) is 0 Å². The number of rotatable bonds is 5. The van der Waals surface area contributed by atoms with Gasteiger partial charge in [-0.1, -0.05) is 36.8 Å². The van der Waals surface area contributed by atoms with E-state index in [1.165, 1.54) is 11.1 Å². The maximum absolute atomic E-state index is 4.28. The second kappa shape index (κ2) is 5.71. The molecule has 96 valence electrons. The van der Waals surface area contributed by atoms with Gasteiger partial charge in [0.1, 0.15) is 0 Å². The lowest BCUT2D eigenvalue weighted by atomic mass is 10.0. The van der Waals surface area contributed by atoms with Gasteiger partial charge in [-0.3, -0.25) is 4.68 Å². The number of benzene rings is 1. The highest BCUT2D eigenvalue weighted by molar-refractivity contribution is 5.42. The van der Waals surface area contributed by atoms with Crippen molar-refractivity contribution < 1.29 is 0 Å². The summed E-state index contributed by atoms with van der Waals surface area (Å²) in [6, 6.07) is 9.06. The molecule has 0 bridgehead atoms. The molecular weight excluding hydrogens is 222 g/mol. The molecule has 3 heteroatoms. The number of nitrogens with zero attached hydrogens (tertiary/aromatic N) is 2. The Bertz CT molecular complexity index is 485. The first kappa shape index (κ1) is 12.7. The molecule has 0 saturated carbocycles. The Morgan fingerprint density at radius 3 is 2.50 bits per heavy atom. The third kappa shape index (κ3) is 2.92. The first-order valence-corrected chi connectivity index (χ1v) is 6.58. The van der Waals surface area contributed by atoms with E-state index in [2.05, 4.69) is 61.6 Å². The standard InChI is InChI=1S/C15H21N3/c1-4-15(13-8-6-12(3)7-9-13)17-14-10-16-18(5-2)11-14/h6-11,15,17H,4-5H2,1-3H3/t15-/m0/s1. The van der Waals surface area contributed by atoms with Gasteiger partial charge in [0, 0.05) is 12.7 Å². The highest BCUT2D eigenvalue weighted by Gasteiger charge is 2.09. The number of hydrogen-bond acceptors (Lipinski definition) is 2. The van der Waals surface area contributed by atoms with E-state index in [-0.39, 0.29) is 0 Å². The van der Waals surface area contributed by atoms with Crippen molar-refractivity contribution >= 4 is 5.69 Å².